The molecular weight excluding hydrogens is 249 g/mol. The van der Waals surface area contributed by atoms with Crippen molar-refractivity contribution in [1.82, 2.24) is 5.32 Å². The van der Waals surface area contributed by atoms with E-state index in [1.807, 2.05) is 0 Å². The highest BCUT2D eigenvalue weighted by Gasteiger charge is 2.13. The molecule has 1 aromatic rings. The summed E-state index contributed by atoms with van der Waals surface area (Å²) in [5.41, 5.74) is 0.332. The minimum atomic E-state index is -0.591. The second kappa shape index (κ2) is 7.34. The van der Waals surface area contributed by atoms with Crippen molar-refractivity contribution in [3.63, 3.8) is 0 Å². The van der Waals surface area contributed by atoms with Crippen LogP contribution in [0.3, 0.4) is 0 Å². The van der Waals surface area contributed by atoms with Crippen LogP contribution in [0.2, 0.25) is 0 Å². The monoisotopic (exact) mass is 265 g/mol. The van der Waals surface area contributed by atoms with Crippen LogP contribution in [-0.4, -0.2) is 39.8 Å². The number of anilines is 1. The molecule has 0 atom stereocenters. The fourth-order valence-electron chi connectivity index (χ4n) is 1.59. The highest BCUT2D eigenvalue weighted by Crippen LogP contribution is 2.20. The van der Waals surface area contributed by atoms with Crippen LogP contribution in [0.5, 0.6) is 0 Å². The number of ether oxygens (including phenoxy) is 1. The second-order valence-electron chi connectivity index (χ2n) is 3.94. The first-order valence-corrected chi connectivity index (χ1v) is 5.75. The number of nitriles is 1. The first-order chi connectivity index (χ1) is 9.10. The number of amides is 1. The van der Waals surface area contributed by atoms with Gasteiger partial charge in [0.05, 0.1) is 18.8 Å². The van der Waals surface area contributed by atoms with Crippen molar-refractivity contribution in [1.29, 1.82) is 5.26 Å². The Bertz CT molecular complexity index is 485. The Morgan fingerprint density at radius 2 is 2.32 bits per heavy atom. The molecule has 1 N–H and O–H groups in total. The molecule has 102 valence electrons. The average Bonchev–Trinajstić information content (AvgIpc) is 2.38. The van der Waals surface area contributed by atoms with Crippen molar-refractivity contribution in [2.24, 2.45) is 0 Å². The lowest BCUT2D eigenvalue weighted by Gasteiger charge is -2.20. The molecule has 1 rings (SSSR count). The van der Waals surface area contributed by atoms with Crippen LogP contribution in [0.4, 0.5) is 10.1 Å². The maximum Gasteiger partial charge on any atom is 0.239 e. The zero-order chi connectivity index (χ0) is 14.3. The van der Waals surface area contributed by atoms with Gasteiger partial charge in [0.2, 0.25) is 5.91 Å². The van der Waals surface area contributed by atoms with Crippen LogP contribution in [0.25, 0.3) is 0 Å². The molecule has 0 saturated heterocycles. The van der Waals surface area contributed by atoms with Crippen LogP contribution in [-0.2, 0) is 9.53 Å². The number of halogens is 1. The van der Waals surface area contributed by atoms with Crippen molar-refractivity contribution in [2.45, 2.75) is 0 Å². The molecule has 0 spiro atoms. The lowest BCUT2D eigenvalue weighted by atomic mass is 10.1. The van der Waals surface area contributed by atoms with E-state index in [0.717, 1.165) is 0 Å². The summed E-state index contributed by atoms with van der Waals surface area (Å²) in [5.74, 6) is -0.806. The molecule has 0 bridgehead atoms. The predicted octanol–water partition coefficient (Wildman–Crippen LogP) is 0.896. The predicted molar refractivity (Wildman–Crippen MR) is 69.3 cm³/mol. The van der Waals surface area contributed by atoms with E-state index in [4.69, 9.17) is 10.00 Å². The van der Waals surface area contributed by atoms with Crippen molar-refractivity contribution in [3.05, 3.63) is 29.6 Å². The molecule has 0 aromatic heterocycles. The Morgan fingerprint density at radius 3 is 2.95 bits per heavy atom. The number of carbonyl (C=O) groups excluding carboxylic acids is 1. The molecule has 0 aliphatic heterocycles. The van der Waals surface area contributed by atoms with E-state index in [0.29, 0.717) is 18.8 Å². The summed E-state index contributed by atoms with van der Waals surface area (Å²) in [7, 11) is 3.18. The normalized spacial score (nSPS) is 9.79. The van der Waals surface area contributed by atoms with Crippen molar-refractivity contribution in [3.8, 4) is 6.07 Å². The van der Waals surface area contributed by atoms with E-state index in [9.17, 15) is 9.18 Å². The van der Waals surface area contributed by atoms with Gasteiger partial charge >= 0.3 is 0 Å². The molecule has 19 heavy (non-hydrogen) atoms. The number of hydrogen-bond acceptors (Lipinski definition) is 4. The second-order valence-corrected chi connectivity index (χ2v) is 3.94. The molecular formula is C13H16FN3O2. The molecule has 1 aromatic carbocycles. The van der Waals surface area contributed by atoms with E-state index < -0.39 is 5.82 Å². The fourth-order valence-corrected chi connectivity index (χ4v) is 1.59. The van der Waals surface area contributed by atoms with E-state index in [-0.39, 0.29) is 18.0 Å². The van der Waals surface area contributed by atoms with E-state index in [2.05, 4.69) is 5.32 Å². The lowest BCUT2D eigenvalue weighted by molar-refractivity contribution is -0.119. The maximum atomic E-state index is 13.4. The zero-order valence-electron chi connectivity index (χ0n) is 10.9. The molecule has 0 heterocycles. The van der Waals surface area contributed by atoms with Gasteiger partial charge in [-0.1, -0.05) is 6.07 Å². The summed E-state index contributed by atoms with van der Waals surface area (Å²) in [6.07, 6.45) is 0. The van der Waals surface area contributed by atoms with Gasteiger partial charge in [0.1, 0.15) is 17.4 Å². The number of rotatable bonds is 6. The summed E-state index contributed by atoms with van der Waals surface area (Å²) in [5, 5.41) is 11.6. The van der Waals surface area contributed by atoms with Gasteiger partial charge < -0.3 is 15.0 Å². The van der Waals surface area contributed by atoms with Gasteiger partial charge in [-0.15, -0.1) is 0 Å². The number of nitrogens with one attached hydrogen (secondary N) is 1. The number of likely N-dealkylation sites (N-methyl/N-ethyl adjacent to an activating group) is 1. The number of nitrogens with zero attached hydrogens (tertiary/aromatic N) is 2. The van der Waals surface area contributed by atoms with E-state index in [1.165, 1.54) is 17.0 Å². The molecule has 0 fully saturated rings. The number of hydrogen-bond donors (Lipinski definition) is 1. The first kappa shape index (κ1) is 14.9. The van der Waals surface area contributed by atoms with Gasteiger partial charge in [0, 0.05) is 20.7 Å². The zero-order valence-corrected chi connectivity index (χ0v) is 10.9. The van der Waals surface area contributed by atoms with Crippen molar-refractivity contribution >= 4 is 11.6 Å². The highest BCUT2D eigenvalue weighted by atomic mass is 19.1. The SMILES string of the molecule is COCCNC(=O)CN(C)c1cccc(F)c1C#N. The molecule has 1 amide bonds. The van der Waals surface area contributed by atoms with Gasteiger partial charge in [-0.05, 0) is 12.1 Å². The lowest BCUT2D eigenvalue weighted by Crippen LogP contribution is -2.37. The summed E-state index contributed by atoms with van der Waals surface area (Å²) < 4.78 is 18.2. The summed E-state index contributed by atoms with van der Waals surface area (Å²) in [6.45, 7) is 0.887. The Kier molecular flexibility index (Phi) is 5.76. The standard InChI is InChI=1S/C13H16FN3O2/c1-17(9-13(18)16-6-7-19-2)12-5-3-4-11(14)10(12)8-15/h3-5H,6-7,9H2,1-2H3,(H,16,18). The summed E-state index contributed by atoms with van der Waals surface area (Å²) >= 11 is 0. The van der Waals surface area contributed by atoms with Crippen molar-refractivity contribution in [2.75, 3.05) is 38.8 Å². The van der Waals surface area contributed by atoms with Crippen LogP contribution < -0.4 is 10.2 Å². The van der Waals surface area contributed by atoms with Crippen molar-refractivity contribution < 1.29 is 13.9 Å². The molecule has 0 saturated carbocycles. The van der Waals surface area contributed by atoms with Crippen LogP contribution in [0.15, 0.2) is 18.2 Å². The maximum absolute atomic E-state index is 13.4. The number of benzene rings is 1. The summed E-state index contributed by atoms with van der Waals surface area (Å²) in [4.78, 5) is 13.1. The van der Waals surface area contributed by atoms with Gasteiger partial charge in [-0.25, -0.2) is 4.39 Å². The molecule has 6 heteroatoms. The Hall–Kier alpha value is -2.13. The number of methoxy groups -OCH3 is 1. The summed E-state index contributed by atoms with van der Waals surface area (Å²) in [6, 6.07) is 6.12. The molecule has 0 aliphatic rings. The third kappa shape index (κ3) is 4.23. The van der Waals surface area contributed by atoms with Gasteiger partial charge in [-0.2, -0.15) is 5.26 Å². The number of carbonyl (C=O) groups is 1. The van der Waals surface area contributed by atoms with Crippen LogP contribution in [0.1, 0.15) is 5.56 Å². The molecule has 5 nitrogen and oxygen atoms in total. The van der Waals surface area contributed by atoms with Crippen LogP contribution >= 0.6 is 0 Å². The topological polar surface area (TPSA) is 65.4 Å². The third-order valence-corrected chi connectivity index (χ3v) is 2.52. The minimum absolute atomic E-state index is 0.0435. The quantitative estimate of drug-likeness (QED) is 0.776. The smallest absolute Gasteiger partial charge is 0.239 e. The minimum Gasteiger partial charge on any atom is -0.383 e. The van der Waals surface area contributed by atoms with E-state index in [1.54, 1.807) is 26.3 Å². The van der Waals surface area contributed by atoms with Crippen LogP contribution in [0, 0.1) is 17.1 Å². The first-order valence-electron chi connectivity index (χ1n) is 5.75. The molecule has 0 unspecified atom stereocenters. The fraction of sp³-hybridized carbons (Fsp3) is 0.385. The van der Waals surface area contributed by atoms with E-state index >= 15 is 0 Å². The van der Waals surface area contributed by atoms with Gasteiger partial charge in [0.15, 0.2) is 0 Å². The Morgan fingerprint density at radius 1 is 1.58 bits per heavy atom. The Labute approximate surface area is 111 Å². The average molecular weight is 265 g/mol. The van der Waals surface area contributed by atoms with Gasteiger partial charge in [-0.3, -0.25) is 4.79 Å². The highest BCUT2D eigenvalue weighted by molar-refractivity contribution is 5.81. The Balaban J connectivity index is 2.68. The van der Waals surface area contributed by atoms with Gasteiger partial charge in [0.25, 0.3) is 0 Å². The molecule has 0 aliphatic carbocycles. The largest absolute Gasteiger partial charge is 0.383 e. The molecule has 0 radical (unpaired) electrons. The third-order valence-electron chi connectivity index (χ3n) is 2.52.